The van der Waals surface area contributed by atoms with E-state index in [2.05, 4.69) is 4.98 Å². The van der Waals surface area contributed by atoms with E-state index < -0.39 is 11.2 Å². The highest BCUT2D eigenvalue weighted by Gasteiger charge is 2.41. The monoisotopic (exact) mass is 341 g/mol. The molecule has 0 bridgehead atoms. The minimum Gasteiger partial charge on any atom is -0.545 e. The number of carboxylic acids is 1. The van der Waals surface area contributed by atoms with E-state index in [1.807, 2.05) is 19.1 Å². The molecule has 0 aliphatic carbocycles. The topological polar surface area (TPSA) is 90.4 Å². The number of aryl methyl sites for hydroxylation is 1. The number of anilines is 1. The van der Waals surface area contributed by atoms with Gasteiger partial charge in [0.25, 0.3) is 0 Å². The minimum absolute atomic E-state index is 0.000889. The Kier molecular flexibility index (Phi) is 4.35. The molecule has 0 spiro atoms. The number of amides is 2. The van der Waals surface area contributed by atoms with E-state index in [4.69, 9.17) is 0 Å². The van der Waals surface area contributed by atoms with E-state index in [9.17, 15) is 19.5 Å². The number of nitrogens with zero attached hydrogens (tertiary/aromatic N) is 2. The third-order valence-corrected chi connectivity index (χ3v) is 4.91. The van der Waals surface area contributed by atoms with Crippen LogP contribution in [0.1, 0.15) is 22.3 Å². The second-order valence-electron chi connectivity index (χ2n) is 5.31. The molecule has 3 rings (SSSR count). The average molecular weight is 341 g/mol. The Morgan fingerprint density at radius 3 is 2.71 bits per heavy atom. The first-order chi connectivity index (χ1) is 11.5. The molecule has 122 valence electrons. The number of para-hydroxylation sites is 1. The maximum absolute atomic E-state index is 12.6. The summed E-state index contributed by atoms with van der Waals surface area (Å²) in [6, 6.07) is 9.97. The molecule has 0 radical (unpaired) electrons. The average Bonchev–Trinajstić information content (AvgIpc) is 2.82. The second-order valence-corrected chi connectivity index (χ2v) is 6.50. The van der Waals surface area contributed by atoms with E-state index in [0.717, 1.165) is 22.2 Å². The van der Waals surface area contributed by atoms with Gasteiger partial charge in [-0.25, -0.2) is 9.88 Å². The van der Waals surface area contributed by atoms with Gasteiger partial charge in [-0.2, -0.15) is 0 Å². The van der Waals surface area contributed by atoms with Gasteiger partial charge in [-0.3, -0.25) is 9.59 Å². The van der Waals surface area contributed by atoms with Crippen LogP contribution in [0.2, 0.25) is 0 Å². The standard InChI is InChI=1S/C17H14N2O4S/c1-10-5-2-3-7-12(10)19-14(20)9-13(16(19)21)24-15-11(17(22)23)6-4-8-18-15/h2-8,13H,9H2,1H3,(H,22,23)/p-1/t13-/m0/s1. The summed E-state index contributed by atoms with van der Waals surface area (Å²) >= 11 is 0.978. The van der Waals surface area contributed by atoms with Crippen LogP contribution < -0.4 is 10.0 Å². The molecule has 1 aromatic heterocycles. The molecular formula is C17H13N2O4S-. The lowest BCUT2D eigenvalue weighted by molar-refractivity contribution is -0.255. The number of pyridine rings is 1. The van der Waals surface area contributed by atoms with Crippen LogP contribution in [0.15, 0.2) is 47.6 Å². The van der Waals surface area contributed by atoms with Gasteiger partial charge in [-0.15, -0.1) is 0 Å². The SMILES string of the molecule is Cc1ccccc1N1C(=O)C[C@H](Sc2ncccc2C(=O)[O-])C1=O. The molecular weight excluding hydrogens is 328 g/mol. The number of hydrogen-bond acceptors (Lipinski definition) is 6. The van der Waals surface area contributed by atoms with Gasteiger partial charge in [0.05, 0.1) is 16.9 Å². The molecule has 1 aromatic carbocycles. The molecule has 0 saturated carbocycles. The molecule has 1 saturated heterocycles. The molecule has 1 atom stereocenters. The fourth-order valence-electron chi connectivity index (χ4n) is 2.54. The second kappa shape index (κ2) is 6.45. The number of carbonyl (C=O) groups is 3. The highest BCUT2D eigenvalue weighted by atomic mass is 32.2. The maximum atomic E-state index is 12.6. The normalized spacial score (nSPS) is 17.4. The Balaban J connectivity index is 1.88. The molecule has 7 heteroatoms. The fraction of sp³-hybridized carbons (Fsp3) is 0.176. The first kappa shape index (κ1) is 16.2. The Bertz CT molecular complexity index is 837. The lowest BCUT2D eigenvalue weighted by Gasteiger charge is -2.17. The first-order valence-corrected chi connectivity index (χ1v) is 8.12. The van der Waals surface area contributed by atoms with Gasteiger partial charge in [-0.1, -0.05) is 30.0 Å². The molecule has 2 amide bonds. The molecule has 0 N–H and O–H groups in total. The Morgan fingerprint density at radius 1 is 1.25 bits per heavy atom. The molecule has 2 aromatic rings. The summed E-state index contributed by atoms with van der Waals surface area (Å²) in [6.45, 7) is 1.82. The molecule has 2 heterocycles. The van der Waals surface area contributed by atoms with Gasteiger partial charge in [0.2, 0.25) is 11.8 Å². The maximum Gasteiger partial charge on any atom is 0.247 e. The van der Waals surface area contributed by atoms with E-state index in [1.165, 1.54) is 18.3 Å². The van der Waals surface area contributed by atoms with E-state index in [-0.39, 0.29) is 28.8 Å². The number of imide groups is 1. The lowest BCUT2D eigenvalue weighted by atomic mass is 10.2. The van der Waals surface area contributed by atoms with Crippen molar-refractivity contribution in [3.05, 3.63) is 53.7 Å². The molecule has 1 aliphatic heterocycles. The fourth-order valence-corrected chi connectivity index (χ4v) is 3.64. The quantitative estimate of drug-likeness (QED) is 0.776. The zero-order valence-corrected chi connectivity index (χ0v) is 13.6. The van der Waals surface area contributed by atoms with E-state index >= 15 is 0 Å². The Morgan fingerprint density at radius 2 is 2.00 bits per heavy atom. The number of rotatable bonds is 4. The van der Waals surface area contributed by atoms with Crippen LogP contribution in [-0.4, -0.2) is 28.0 Å². The van der Waals surface area contributed by atoms with Crippen LogP contribution in [0.4, 0.5) is 5.69 Å². The lowest BCUT2D eigenvalue weighted by Crippen LogP contribution is -2.31. The van der Waals surface area contributed by atoms with Gasteiger partial charge >= 0.3 is 0 Å². The van der Waals surface area contributed by atoms with Gasteiger partial charge in [0.15, 0.2) is 0 Å². The van der Waals surface area contributed by atoms with Crippen LogP contribution in [0.5, 0.6) is 0 Å². The summed E-state index contributed by atoms with van der Waals surface area (Å²) in [5.41, 5.74) is 1.28. The summed E-state index contributed by atoms with van der Waals surface area (Å²) in [5, 5.41) is 10.6. The van der Waals surface area contributed by atoms with Crippen LogP contribution in [0.3, 0.4) is 0 Å². The first-order valence-electron chi connectivity index (χ1n) is 7.24. The summed E-state index contributed by atoms with van der Waals surface area (Å²) in [7, 11) is 0. The minimum atomic E-state index is -1.36. The van der Waals surface area contributed by atoms with Crippen molar-refractivity contribution in [1.29, 1.82) is 0 Å². The Hall–Kier alpha value is -2.67. The smallest absolute Gasteiger partial charge is 0.247 e. The van der Waals surface area contributed by atoms with Crippen LogP contribution >= 0.6 is 11.8 Å². The zero-order valence-electron chi connectivity index (χ0n) is 12.8. The van der Waals surface area contributed by atoms with Crippen molar-refractivity contribution in [2.24, 2.45) is 0 Å². The van der Waals surface area contributed by atoms with Crippen LogP contribution in [0.25, 0.3) is 0 Å². The van der Waals surface area contributed by atoms with Crippen LogP contribution in [0, 0.1) is 6.92 Å². The largest absolute Gasteiger partial charge is 0.545 e. The van der Waals surface area contributed by atoms with Crippen molar-refractivity contribution >= 4 is 35.2 Å². The van der Waals surface area contributed by atoms with Gasteiger partial charge in [0, 0.05) is 18.2 Å². The number of aromatic carboxylic acids is 1. The van der Waals surface area contributed by atoms with E-state index in [0.29, 0.717) is 5.69 Å². The molecule has 1 fully saturated rings. The number of carboxylic acid groups (broad SMARTS) is 1. The number of carbonyl (C=O) groups excluding carboxylic acids is 3. The van der Waals surface area contributed by atoms with Crippen LogP contribution in [-0.2, 0) is 9.59 Å². The van der Waals surface area contributed by atoms with Gasteiger partial charge in [0.1, 0.15) is 5.03 Å². The summed E-state index contributed by atoms with van der Waals surface area (Å²) in [4.78, 5) is 41.3. The number of aromatic nitrogens is 1. The molecule has 24 heavy (non-hydrogen) atoms. The van der Waals surface area contributed by atoms with E-state index in [1.54, 1.807) is 12.1 Å². The third-order valence-electron chi connectivity index (χ3n) is 3.71. The van der Waals surface area contributed by atoms with Crippen molar-refractivity contribution < 1.29 is 19.5 Å². The predicted molar refractivity (Wildman–Crippen MR) is 86.5 cm³/mol. The van der Waals surface area contributed by atoms with Crippen molar-refractivity contribution in [3.8, 4) is 0 Å². The Labute approximate surface area is 142 Å². The number of hydrogen-bond donors (Lipinski definition) is 0. The summed E-state index contributed by atoms with van der Waals surface area (Å²) in [5.74, 6) is -2.04. The predicted octanol–water partition coefficient (Wildman–Crippen LogP) is 1.18. The molecule has 1 aliphatic rings. The molecule has 0 unspecified atom stereocenters. The van der Waals surface area contributed by atoms with Gasteiger partial charge in [-0.05, 0) is 30.7 Å². The summed E-state index contributed by atoms with van der Waals surface area (Å²) < 4.78 is 0. The highest BCUT2D eigenvalue weighted by Crippen LogP contribution is 2.35. The van der Waals surface area contributed by atoms with Crippen molar-refractivity contribution in [3.63, 3.8) is 0 Å². The number of benzene rings is 1. The zero-order chi connectivity index (χ0) is 17.3. The van der Waals surface area contributed by atoms with Crippen molar-refractivity contribution in [2.75, 3.05) is 4.90 Å². The third kappa shape index (κ3) is 2.90. The van der Waals surface area contributed by atoms with Crippen molar-refractivity contribution in [1.82, 2.24) is 4.98 Å². The highest BCUT2D eigenvalue weighted by molar-refractivity contribution is 8.00. The van der Waals surface area contributed by atoms with Crippen molar-refractivity contribution in [2.45, 2.75) is 23.6 Å². The van der Waals surface area contributed by atoms with Gasteiger partial charge < -0.3 is 9.90 Å². The number of thioether (sulfide) groups is 1. The molecule has 6 nitrogen and oxygen atoms in total. The summed E-state index contributed by atoms with van der Waals surface area (Å²) in [6.07, 6.45) is 1.44.